The Kier molecular flexibility index (Phi) is 30.3. The summed E-state index contributed by atoms with van der Waals surface area (Å²) in [5.41, 5.74) is 0. The Balaban J connectivity index is -0.000000427. The molecular formula is C12H25NaO5STi+2. The summed E-state index contributed by atoms with van der Waals surface area (Å²) >= 11 is 0. The van der Waals surface area contributed by atoms with Crippen molar-refractivity contribution < 1.29 is 73.9 Å². The van der Waals surface area contributed by atoms with Crippen LogP contribution < -0.4 is 29.6 Å². The molecule has 0 rings (SSSR count). The average Bonchev–Trinajstić information content (AvgIpc) is 2.24. The first-order valence-electron chi connectivity index (χ1n) is 6.66. The molecule has 0 atom stereocenters. The Bertz CT molecular complexity index is 263. The van der Waals surface area contributed by atoms with E-state index in [2.05, 4.69) is 11.1 Å². The fourth-order valence-corrected chi connectivity index (χ4v) is 2.07. The van der Waals surface area contributed by atoms with Crippen LogP contribution in [0.2, 0.25) is 0 Å². The summed E-state index contributed by atoms with van der Waals surface area (Å²) in [4.78, 5) is 0. The Morgan fingerprint density at radius 3 is 1.55 bits per heavy atom. The summed E-state index contributed by atoms with van der Waals surface area (Å²) in [5, 5.41) is 0. The first-order chi connectivity index (χ1) is 8.06. The molecule has 0 fully saturated rings. The first kappa shape index (κ1) is 29.5. The van der Waals surface area contributed by atoms with Gasteiger partial charge in [-0.25, -0.2) is 8.42 Å². The van der Waals surface area contributed by atoms with Gasteiger partial charge in [-0.3, -0.25) is 4.18 Å². The summed E-state index contributed by atoms with van der Waals surface area (Å²) in [6, 6.07) is 0. The minimum atomic E-state index is -4.48. The van der Waals surface area contributed by atoms with Crippen molar-refractivity contribution in [2.24, 2.45) is 0 Å². The molecule has 112 valence electrons. The molecule has 0 aromatic rings. The van der Waals surface area contributed by atoms with Crippen molar-refractivity contribution in [1.29, 1.82) is 0 Å². The van der Waals surface area contributed by atoms with Crippen molar-refractivity contribution in [3.05, 3.63) is 0 Å². The zero-order valence-electron chi connectivity index (χ0n) is 12.7. The predicted molar refractivity (Wildman–Crippen MR) is 68.2 cm³/mol. The van der Waals surface area contributed by atoms with Gasteiger partial charge in [-0.15, -0.1) is 0 Å². The van der Waals surface area contributed by atoms with E-state index in [0.29, 0.717) is 6.42 Å². The molecule has 0 heterocycles. The molecule has 20 heavy (non-hydrogen) atoms. The van der Waals surface area contributed by atoms with E-state index in [4.69, 9.17) is 0 Å². The van der Waals surface area contributed by atoms with E-state index in [1.165, 1.54) is 44.9 Å². The van der Waals surface area contributed by atoms with Crippen LogP contribution in [0, 0.1) is 0 Å². The van der Waals surface area contributed by atoms with Gasteiger partial charge in [0, 0.05) is 0 Å². The van der Waals surface area contributed by atoms with Gasteiger partial charge in [-0.2, -0.15) is 0 Å². The van der Waals surface area contributed by atoms with E-state index in [0.717, 1.165) is 12.8 Å². The maximum atomic E-state index is 10.1. The Morgan fingerprint density at radius 1 is 0.850 bits per heavy atom. The zero-order chi connectivity index (χ0) is 13.0. The summed E-state index contributed by atoms with van der Waals surface area (Å²) in [6.45, 7) is 2.24. The smallest absolute Gasteiger partial charge is 2.00 e. The Morgan fingerprint density at radius 2 is 1.20 bits per heavy atom. The molecule has 0 aromatic heterocycles. The maximum absolute atomic E-state index is 10.1. The van der Waals surface area contributed by atoms with E-state index < -0.39 is 10.4 Å². The van der Waals surface area contributed by atoms with Gasteiger partial charge in [0.1, 0.15) is 0 Å². The fourth-order valence-electron chi connectivity index (χ4n) is 1.75. The van der Waals surface area contributed by atoms with Gasteiger partial charge < -0.3 is 10.0 Å². The topological polar surface area (TPSA) is 94.9 Å². The van der Waals surface area contributed by atoms with Crippen LogP contribution in [0.3, 0.4) is 0 Å². The molecule has 0 radical (unpaired) electrons. The second-order valence-corrected chi connectivity index (χ2v) is 5.46. The normalized spacial score (nSPS) is 10.1. The van der Waals surface area contributed by atoms with Gasteiger partial charge in [0.05, 0.1) is 6.61 Å². The van der Waals surface area contributed by atoms with Gasteiger partial charge in [-0.1, -0.05) is 64.7 Å². The number of hydrogen-bond acceptors (Lipinski definition) is 4. The summed E-state index contributed by atoms with van der Waals surface area (Å²) in [5.74, 6) is 0. The molecule has 8 heteroatoms. The fraction of sp³-hybridized carbons (Fsp3) is 1.00. The molecular weight excluding hydrogens is 327 g/mol. The van der Waals surface area contributed by atoms with Crippen LogP contribution in [0.5, 0.6) is 0 Å². The van der Waals surface area contributed by atoms with E-state index in [1.807, 2.05) is 0 Å². The molecule has 0 saturated carbocycles. The first-order valence-corrected chi connectivity index (χ1v) is 8.00. The van der Waals surface area contributed by atoms with Crippen molar-refractivity contribution in [3.63, 3.8) is 0 Å². The van der Waals surface area contributed by atoms with Crippen molar-refractivity contribution in [2.45, 2.75) is 71.1 Å². The maximum Gasteiger partial charge on any atom is 4.00 e. The third-order valence-electron chi connectivity index (χ3n) is 2.73. The summed E-state index contributed by atoms with van der Waals surface area (Å²) in [6.07, 6.45) is 11.7. The molecule has 0 amide bonds. The molecule has 0 aliphatic rings. The molecule has 0 spiro atoms. The van der Waals surface area contributed by atoms with Crippen LogP contribution in [-0.4, -0.2) is 19.6 Å². The van der Waals surface area contributed by atoms with E-state index >= 15 is 0 Å². The minimum Gasteiger partial charge on any atom is -2.00 e. The van der Waals surface area contributed by atoms with Crippen molar-refractivity contribution >= 4 is 10.4 Å². The Hall–Kier alpha value is 1.54. The molecule has 0 N–H and O–H groups in total. The van der Waals surface area contributed by atoms with Gasteiger partial charge in [-0.05, 0) is 6.42 Å². The molecule has 0 saturated heterocycles. The van der Waals surface area contributed by atoms with E-state index in [9.17, 15) is 13.0 Å². The minimum absolute atomic E-state index is 0. The quantitative estimate of drug-likeness (QED) is 0.218. The van der Waals surface area contributed by atoms with Crippen LogP contribution in [0.4, 0.5) is 0 Å². The van der Waals surface area contributed by atoms with Crippen LogP contribution in [0.1, 0.15) is 71.1 Å². The zero-order valence-corrected chi connectivity index (χ0v) is 17.1. The number of unbranched alkanes of at least 4 members (excludes halogenated alkanes) is 9. The average molecular weight is 352 g/mol. The van der Waals surface area contributed by atoms with Crippen LogP contribution in [0.25, 0.3) is 0 Å². The second-order valence-electron chi connectivity index (χ2n) is 4.41. The molecule has 0 aliphatic heterocycles. The van der Waals surface area contributed by atoms with Gasteiger partial charge in [0.25, 0.3) is 0 Å². The SMILES string of the molecule is CCCCCCCCCCCCOS(=O)(=O)[O-].[Na+].[O-2].[Ti+4]. The predicted octanol–water partition coefficient (Wildman–Crippen LogP) is 0.267. The van der Waals surface area contributed by atoms with Crippen LogP contribution in [-0.2, 0) is 41.8 Å². The van der Waals surface area contributed by atoms with Crippen LogP contribution in [0.15, 0.2) is 0 Å². The van der Waals surface area contributed by atoms with E-state index in [-0.39, 0.29) is 63.4 Å². The molecule has 0 bridgehead atoms. The molecule has 0 aromatic carbocycles. The molecule has 5 nitrogen and oxygen atoms in total. The van der Waals surface area contributed by atoms with Gasteiger partial charge >= 0.3 is 51.3 Å². The number of hydrogen-bond donors (Lipinski definition) is 0. The summed E-state index contributed by atoms with van der Waals surface area (Å²) in [7, 11) is -4.48. The standard InChI is InChI=1S/C12H26O4S.Na.O.Ti/c1-2-3-4-5-6-7-8-9-10-11-12-16-17(13,14)15;;;/h2-12H2,1H3,(H,13,14,15);;;/q;+1;-2;+4/p-1. The monoisotopic (exact) mass is 352 g/mol. The van der Waals surface area contributed by atoms with Crippen molar-refractivity contribution in [3.8, 4) is 0 Å². The Labute approximate surface area is 161 Å². The van der Waals surface area contributed by atoms with E-state index in [1.54, 1.807) is 0 Å². The third-order valence-corrected chi connectivity index (χ3v) is 3.18. The van der Waals surface area contributed by atoms with Gasteiger partial charge in [0.15, 0.2) is 0 Å². The van der Waals surface area contributed by atoms with Crippen molar-refractivity contribution in [2.75, 3.05) is 6.61 Å². The molecule has 0 unspecified atom stereocenters. The van der Waals surface area contributed by atoms with Gasteiger partial charge in [0.2, 0.25) is 10.4 Å². The third kappa shape index (κ3) is 27.8. The largest absolute Gasteiger partial charge is 4.00 e. The van der Waals surface area contributed by atoms with Crippen LogP contribution >= 0.6 is 0 Å². The second kappa shape index (κ2) is 20.5. The molecule has 0 aliphatic carbocycles. The summed E-state index contributed by atoms with van der Waals surface area (Å²) < 4.78 is 34.5. The van der Waals surface area contributed by atoms with Crippen molar-refractivity contribution in [1.82, 2.24) is 0 Å². The number of rotatable bonds is 12.